The van der Waals surface area contributed by atoms with Gasteiger partial charge in [-0.25, -0.2) is 9.18 Å². The SMILES string of the molecule is O=c1ccn([C@H]2O[C@H](CF)[C@@H](O)[C@H]2O)c(=O)[nH]1. The van der Waals surface area contributed by atoms with Gasteiger partial charge in [0.15, 0.2) is 6.23 Å². The number of H-pyrrole nitrogens is 1. The molecule has 2 heterocycles. The van der Waals surface area contributed by atoms with Crippen LogP contribution in [-0.4, -0.2) is 44.8 Å². The number of aliphatic hydroxyl groups is 2. The lowest BCUT2D eigenvalue weighted by atomic mass is 10.1. The van der Waals surface area contributed by atoms with E-state index in [0.717, 1.165) is 16.8 Å². The number of hydrogen-bond donors (Lipinski definition) is 3. The molecule has 17 heavy (non-hydrogen) atoms. The lowest BCUT2D eigenvalue weighted by Gasteiger charge is -2.16. The maximum Gasteiger partial charge on any atom is 0.330 e. The van der Waals surface area contributed by atoms with Crippen LogP contribution < -0.4 is 11.2 Å². The molecule has 3 N–H and O–H groups in total. The summed E-state index contributed by atoms with van der Waals surface area (Å²) in [6.07, 6.45) is -4.13. The molecule has 0 radical (unpaired) electrons. The number of alkyl halides is 1. The second kappa shape index (κ2) is 4.40. The highest BCUT2D eigenvalue weighted by atomic mass is 19.1. The molecule has 4 atom stereocenters. The normalized spacial score (nSPS) is 32.9. The van der Waals surface area contributed by atoms with Gasteiger partial charge in [-0.1, -0.05) is 0 Å². The lowest BCUT2D eigenvalue weighted by molar-refractivity contribution is -0.0454. The summed E-state index contributed by atoms with van der Waals surface area (Å²) in [5.41, 5.74) is -1.39. The Bertz CT molecular complexity index is 513. The van der Waals surface area contributed by atoms with E-state index in [-0.39, 0.29) is 0 Å². The third-order valence-corrected chi connectivity index (χ3v) is 2.61. The molecular weight excluding hydrogens is 235 g/mol. The number of aliphatic hydroxyl groups excluding tert-OH is 2. The van der Waals surface area contributed by atoms with Crippen molar-refractivity contribution in [1.82, 2.24) is 9.55 Å². The molecule has 0 bridgehead atoms. The first kappa shape index (κ1) is 12.0. The summed E-state index contributed by atoms with van der Waals surface area (Å²) in [4.78, 5) is 24.2. The molecule has 1 aromatic rings. The zero-order valence-electron chi connectivity index (χ0n) is 8.62. The van der Waals surface area contributed by atoms with Gasteiger partial charge < -0.3 is 14.9 Å². The highest BCUT2D eigenvalue weighted by Crippen LogP contribution is 2.28. The number of rotatable bonds is 2. The number of ether oxygens (including phenoxy) is 1. The van der Waals surface area contributed by atoms with Crippen LogP contribution >= 0.6 is 0 Å². The summed E-state index contributed by atoms with van der Waals surface area (Å²) in [7, 11) is 0. The van der Waals surface area contributed by atoms with Crippen molar-refractivity contribution in [3.63, 3.8) is 0 Å². The van der Waals surface area contributed by atoms with Crippen molar-refractivity contribution in [2.45, 2.75) is 24.5 Å². The minimum atomic E-state index is -1.43. The first-order valence-electron chi connectivity index (χ1n) is 4.93. The third-order valence-electron chi connectivity index (χ3n) is 2.61. The van der Waals surface area contributed by atoms with Crippen LogP contribution in [0.1, 0.15) is 6.23 Å². The second-order valence-corrected chi connectivity index (χ2v) is 3.72. The van der Waals surface area contributed by atoms with Crippen molar-refractivity contribution < 1.29 is 19.3 Å². The highest BCUT2D eigenvalue weighted by molar-refractivity contribution is 4.92. The molecule has 1 aliphatic rings. The Morgan fingerprint density at radius 3 is 2.65 bits per heavy atom. The Morgan fingerprint density at radius 2 is 2.12 bits per heavy atom. The molecule has 8 heteroatoms. The summed E-state index contributed by atoms with van der Waals surface area (Å²) < 4.78 is 18.3. The summed E-state index contributed by atoms with van der Waals surface area (Å²) >= 11 is 0. The zero-order valence-corrected chi connectivity index (χ0v) is 8.62. The molecule has 94 valence electrons. The Kier molecular flexibility index (Phi) is 3.09. The van der Waals surface area contributed by atoms with Gasteiger partial charge in [-0.15, -0.1) is 0 Å². The number of hydrogen-bond acceptors (Lipinski definition) is 5. The van der Waals surface area contributed by atoms with Crippen molar-refractivity contribution in [2.75, 3.05) is 6.67 Å². The summed E-state index contributed by atoms with van der Waals surface area (Å²) in [5.74, 6) is 0. The molecular formula is C9H11FN2O5. The molecule has 0 amide bonds. The van der Waals surface area contributed by atoms with E-state index in [2.05, 4.69) is 0 Å². The fraction of sp³-hybridized carbons (Fsp3) is 0.556. The Hall–Kier alpha value is -1.51. The average Bonchev–Trinajstić information content (AvgIpc) is 2.57. The average molecular weight is 246 g/mol. The van der Waals surface area contributed by atoms with Crippen molar-refractivity contribution in [1.29, 1.82) is 0 Å². The number of nitrogens with zero attached hydrogens (tertiary/aromatic N) is 1. The minimum Gasteiger partial charge on any atom is -0.387 e. The lowest BCUT2D eigenvalue weighted by Crippen LogP contribution is -2.37. The maximum absolute atomic E-state index is 12.4. The van der Waals surface area contributed by atoms with Crippen molar-refractivity contribution >= 4 is 0 Å². The van der Waals surface area contributed by atoms with E-state index in [4.69, 9.17) is 4.74 Å². The number of aromatic amines is 1. The summed E-state index contributed by atoms with van der Waals surface area (Å²) in [6.45, 7) is -0.979. The molecule has 0 aliphatic carbocycles. The van der Waals surface area contributed by atoms with Crippen LogP contribution in [0.2, 0.25) is 0 Å². The maximum atomic E-state index is 12.4. The smallest absolute Gasteiger partial charge is 0.330 e. The van der Waals surface area contributed by atoms with Gasteiger partial charge in [-0.2, -0.15) is 0 Å². The van der Waals surface area contributed by atoms with Gasteiger partial charge in [0.2, 0.25) is 0 Å². The van der Waals surface area contributed by atoms with Crippen LogP contribution in [0, 0.1) is 0 Å². The topological polar surface area (TPSA) is 105 Å². The molecule has 1 fully saturated rings. The molecule has 1 aliphatic heterocycles. The summed E-state index contributed by atoms with van der Waals surface area (Å²) in [5, 5.41) is 19.0. The molecule has 0 aromatic carbocycles. The van der Waals surface area contributed by atoms with Crippen LogP contribution in [0.5, 0.6) is 0 Å². The van der Waals surface area contributed by atoms with E-state index in [9.17, 15) is 24.2 Å². The van der Waals surface area contributed by atoms with Crippen LogP contribution in [0.25, 0.3) is 0 Å². The quantitative estimate of drug-likeness (QED) is 0.567. The highest BCUT2D eigenvalue weighted by Gasteiger charge is 2.43. The summed E-state index contributed by atoms with van der Waals surface area (Å²) in [6, 6.07) is 1.06. The van der Waals surface area contributed by atoms with Crippen molar-refractivity contribution in [3.05, 3.63) is 33.1 Å². The molecule has 0 saturated carbocycles. The van der Waals surface area contributed by atoms with Crippen molar-refractivity contribution in [2.24, 2.45) is 0 Å². The van der Waals surface area contributed by atoms with E-state index in [0.29, 0.717) is 0 Å². The van der Waals surface area contributed by atoms with Gasteiger partial charge in [0, 0.05) is 12.3 Å². The van der Waals surface area contributed by atoms with Crippen LogP contribution in [0.3, 0.4) is 0 Å². The molecule has 1 aromatic heterocycles. The monoisotopic (exact) mass is 246 g/mol. The Balaban J connectivity index is 2.35. The largest absolute Gasteiger partial charge is 0.387 e. The Labute approximate surface area is 94.1 Å². The van der Waals surface area contributed by atoms with E-state index >= 15 is 0 Å². The minimum absolute atomic E-state index is 0.596. The molecule has 1 saturated heterocycles. The van der Waals surface area contributed by atoms with E-state index in [1.165, 1.54) is 0 Å². The predicted octanol–water partition coefficient (Wildman–Crippen LogP) is -1.87. The molecule has 2 rings (SSSR count). The fourth-order valence-corrected chi connectivity index (χ4v) is 1.71. The van der Waals surface area contributed by atoms with E-state index in [1.807, 2.05) is 4.98 Å². The second-order valence-electron chi connectivity index (χ2n) is 3.72. The van der Waals surface area contributed by atoms with Gasteiger partial charge in [0.1, 0.15) is 25.0 Å². The van der Waals surface area contributed by atoms with Gasteiger partial charge in [-0.3, -0.25) is 14.3 Å². The van der Waals surface area contributed by atoms with Crippen LogP contribution in [0.15, 0.2) is 21.9 Å². The first-order valence-corrected chi connectivity index (χ1v) is 4.93. The fourth-order valence-electron chi connectivity index (χ4n) is 1.71. The van der Waals surface area contributed by atoms with Gasteiger partial charge in [-0.05, 0) is 0 Å². The molecule has 7 nitrogen and oxygen atoms in total. The van der Waals surface area contributed by atoms with E-state index in [1.54, 1.807) is 0 Å². The van der Waals surface area contributed by atoms with Gasteiger partial charge in [0.05, 0.1) is 0 Å². The molecule has 0 spiro atoms. The van der Waals surface area contributed by atoms with Crippen molar-refractivity contribution in [3.8, 4) is 0 Å². The number of nitrogens with one attached hydrogen (secondary N) is 1. The number of halogens is 1. The van der Waals surface area contributed by atoms with Gasteiger partial charge >= 0.3 is 5.69 Å². The third kappa shape index (κ3) is 2.02. The molecule has 0 unspecified atom stereocenters. The zero-order chi connectivity index (χ0) is 12.6. The van der Waals surface area contributed by atoms with E-state index < -0.39 is 42.5 Å². The first-order chi connectivity index (χ1) is 8.04. The Morgan fingerprint density at radius 1 is 1.41 bits per heavy atom. The number of aromatic nitrogens is 2. The predicted molar refractivity (Wildman–Crippen MR) is 53.2 cm³/mol. The van der Waals surface area contributed by atoms with Gasteiger partial charge in [0.25, 0.3) is 5.56 Å². The standard InChI is InChI=1S/C9H11FN2O5/c10-3-4-6(14)7(15)8(17-4)12-2-1-5(13)11-9(12)16/h1-2,4,6-8,14-15H,3H2,(H,11,13,16)/t4-,6-,7-,8+/m1/s1. The van der Waals surface area contributed by atoms with Crippen LogP contribution in [-0.2, 0) is 4.74 Å². The van der Waals surface area contributed by atoms with Crippen LogP contribution in [0.4, 0.5) is 4.39 Å².